The second-order valence-corrected chi connectivity index (χ2v) is 4.95. The SMILES string of the molecule is COc1ccc(C(=O)c2ccc(N=C(N)N=C(N)N)cc2)cc1OC. The average molecular weight is 341 g/mol. The molecule has 0 radical (unpaired) electrons. The lowest BCUT2D eigenvalue weighted by atomic mass is 10.0. The maximum Gasteiger partial charge on any atom is 0.223 e. The van der Waals surface area contributed by atoms with Crippen LogP contribution in [-0.4, -0.2) is 31.9 Å². The predicted molar refractivity (Wildman–Crippen MR) is 96.5 cm³/mol. The standard InChI is InChI=1S/C17H19N5O3/c1-24-13-8-5-11(9-14(13)25-2)15(23)10-3-6-12(7-4-10)21-17(20)22-16(18)19/h3-9H,1-2H3,(H6,18,19,20,21,22). The van der Waals surface area contributed by atoms with Gasteiger partial charge < -0.3 is 26.7 Å². The van der Waals surface area contributed by atoms with E-state index in [2.05, 4.69) is 9.98 Å². The Kier molecular flexibility index (Phi) is 5.57. The van der Waals surface area contributed by atoms with E-state index in [9.17, 15) is 4.79 Å². The monoisotopic (exact) mass is 341 g/mol. The smallest absolute Gasteiger partial charge is 0.223 e. The van der Waals surface area contributed by atoms with Crippen molar-refractivity contribution in [3.8, 4) is 11.5 Å². The number of methoxy groups -OCH3 is 2. The van der Waals surface area contributed by atoms with Crippen LogP contribution in [0.2, 0.25) is 0 Å². The molecule has 0 amide bonds. The molecule has 8 heteroatoms. The molecule has 0 aliphatic heterocycles. The Morgan fingerprint density at radius 2 is 1.48 bits per heavy atom. The molecule has 0 bridgehead atoms. The summed E-state index contributed by atoms with van der Waals surface area (Å²) in [7, 11) is 3.05. The van der Waals surface area contributed by atoms with Gasteiger partial charge in [0, 0.05) is 11.1 Å². The van der Waals surface area contributed by atoms with E-state index < -0.39 is 0 Å². The molecule has 130 valence electrons. The molecule has 2 aromatic carbocycles. The zero-order chi connectivity index (χ0) is 18.4. The van der Waals surface area contributed by atoms with Crippen molar-refractivity contribution in [2.45, 2.75) is 0 Å². The average Bonchev–Trinajstić information content (AvgIpc) is 2.60. The highest BCUT2D eigenvalue weighted by Crippen LogP contribution is 2.28. The van der Waals surface area contributed by atoms with Gasteiger partial charge >= 0.3 is 0 Å². The van der Waals surface area contributed by atoms with Crippen molar-refractivity contribution in [2.75, 3.05) is 14.2 Å². The Morgan fingerprint density at radius 3 is 2.04 bits per heavy atom. The quantitative estimate of drug-likeness (QED) is 0.424. The van der Waals surface area contributed by atoms with Crippen molar-refractivity contribution in [1.29, 1.82) is 0 Å². The Bertz CT molecular complexity index is 825. The zero-order valence-corrected chi connectivity index (χ0v) is 13.9. The normalized spacial score (nSPS) is 10.9. The summed E-state index contributed by atoms with van der Waals surface area (Å²) in [5.41, 5.74) is 17.5. The fourth-order valence-electron chi connectivity index (χ4n) is 2.12. The summed E-state index contributed by atoms with van der Waals surface area (Å²) in [5, 5.41) is 0. The van der Waals surface area contributed by atoms with Crippen LogP contribution in [0.3, 0.4) is 0 Å². The van der Waals surface area contributed by atoms with Crippen molar-refractivity contribution in [2.24, 2.45) is 27.2 Å². The number of rotatable bonds is 5. The highest BCUT2D eigenvalue weighted by atomic mass is 16.5. The molecule has 8 nitrogen and oxygen atoms in total. The molecule has 0 aromatic heterocycles. The maximum absolute atomic E-state index is 12.6. The van der Waals surface area contributed by atoms with Crippen LogP contribution in [0.1, 0.15) is 15.9 Å². The summed E-state index contributed by atoms with van der Waals surface area (Å²) in [6, 6.07) is 11.5. The molecule has 0 saturated heterocycles. The largest absolute Gasteiger partial charge is 0.493 e. The van der Waals surface area contributed by atoms with Crippen molar-refractivity contribution < 1.29 is 14.3 Å². The Balaban J connectivity index is 2.25. The van der Waals surface area contributed by atoms with E-state index in [1.54, 1.807) is 42.5 Å². The molecule has 0 heterocycles. The number of hydrogen-bond donors (Lipinski definition) is 3. The maximum atomic E-state index is 12.6. The fourth-order valence-corrected chi connectivity index (χ4v) is 2.12. The van der Waals surface area contributed by atoms with Gasteiger partial charge in [-0.3, -0.25) is 4.79 Å². The van der Waals surface area contributed by atoms with E-state index >= 15 is 0 Å². The first kappa shape index (κ1) is 17.8. The zero-order valence-electron chi connectivity index (χ0n) is 13.9. The highest BCUT2D eigenvalue weighted by molar-refractivity contribution is 6.09. The molecular weight excluding hydrogens is 322 g/mol. The van der Waals surface area contributed by atoms with Gasteiger partial charge in [0.05, 0.1) is 19.9 Å². The van der Waals surface area contributed by atoms with E-state index in [-0.39, 0.29) is 17.7 Å². The number of aliphatic imine (C=N–C) groups is 2. The predicted octanol–water partition coefficient (Wildman–Crippen LogP) is 1.15. The molecular formula is C17H19N5O3. The number of nitrogens with two attached hydrogens (primary N) is 3. The molecule has 6 N–H and O–H groups in total. The van der Waals surface area contributed by atoms with Crippen LogP contribution in [0.15, 0.2) is 52.4 Å². The van der Waals surface area contributed by atoms with Gasteiger partial charge in [0.25, 0.3) is 0 Å². The van der Waals surface area contributed by atoms with E-state index in [0.29, 0.717) is 28.3 Å². The molecule has 2 rings (SSSR count). The van der Waals surface area contributed by atoms with Crippen LogP contribution >= 0.6 is 0 Å². The molecule has 25 heavy (non-hydrogen) atoms. The first-order valence-corrected chi connectivity index (χ1v) is 7.25. The Hall–Kier alpha value is -3.55. The number of carbonyl (C=O) groups excluding carboxylic acids is 1. The van der Waals surface area contributed by atoms with Crippen LogP contribution in [-0.2, 0) is 0 Å². The van der Waals surface area contributed by atoms with Gasteiger partial charge in [0.1, 0.15) is 0 Å². The molecule has 0 fully saturated rings. The summed E-state index contributed by atoms with van der Waals surface area (Å²) >= 11 is 0. The van der Waals surface area contributed by atoms with Gasteiger partial charge in [-0.05, 0) is 42.5 Å². The van der Waals surface area contributed by atoms with Gasteiger partial charge in [-0.25, -0.2) is 4.99 Å². The minimum absolute atomic E-state index is 0.0704. The van der Waals surface area contributed by atoms with Gasteiger partial charge in [-0.1, -0.05) is 0 Å². The molecule has 0 aliphatic carbocycles. The van der Waals surface area contributed by atoms with Gasteiger partial charge in [0.15, 0.2) is 23.2 Å². The van der Waals surface area contributed by atoms with Gasteiger partial charge in [-0.15, -0.1) is 0 Å². The molecule has 0 spiro atoms. The minimum atomic E-state index is -0.179. The number of ketones is 1. The number of hydrogen-bond acceptors (Lipinski definition) is 4. The van der Waals surface area contributed by atoms with E-state index in [1.807, 2.05) is 0 Å². The lowest BCUT2D eigenvalue weighted by Crippen LogP contribution is -2.26. The summed E-state index contributed by atoms with van der Waals surface area (Å²) in [4.78, 5) is 20.2. The lowest BCUT2D eigenvalue weighted by Gasteiger charge is -2.09. The lowest BCUT2D eigenvalue weighted by molar-refractivity contribution is 0.103. The van der Waals surface area contributed by atoms with Crippen LogP contribution < -0.4 is 26.7 Å². The second kappa shape index (κ2) is 7.82. The van der Waals surface area contributed by atoms with Crippen LogP contribution in [0, 0.1) is 0 Å². The van der Waals surface area contributed by atoms with Crippen molar-refractivity contribution >= 4 is 23.4 Å². The highest BCUT2D eigenvalue weighted by Gasteiger charge is 2.12. The minimum Gasteiger partial charge on any atom is -0.493 e. The summed E-state index contributed by atoms with van der Waals surface area (Å²) < 4.78 is 10.4. The van der Waals surface area contributed by atoms with Crippen LogP contribution in [0.4, 0.5) is 5.69 Å². The summed E-state index contributed by atoms with van der Waals surface area (Å²) in [6.07, 6.45) is 0. The van der Waals surface area contributed by atoms with E-state index in [0.717, 1.165) is 0 Å². The number of benzene rings is 2. The summed E-state index contributed by atoms with van der Waals surface area (Å²) in [5.74, 6) is 0.632. The van der Waals surface area contributed by atoms with Gasteiger partial charge in [0.2, 0.25) is 5.96 Å². The molecule has 2 aromatic rings. The van der Waals surface area contributed by atoms with E-state index in [1.165, 1.54) is 14.2 Å². The number of nitrogens with zero attached hydrogens (tertiary/aromatic N) is 2. The number of guanidine groups is 2. The molecule has 0 unspecified atom stereocenters. The first-order valence-electron chi connectivity index (χ1n) is 7.25. The summed E-state index contributed by atoms with van der Waals surface area (Å²) in [6.45, 7) is 0. The van der Waals surface area contributed by atoms with Crippen molar-refractivity contribution in [3.05, 3.63) is 53.6 Å². The van der Waals surface area contributed by atoms with Crippen molar-refractivity contribution in [3.63, 3.8) is 0 Å². The van der Waals surface area contributed by atoms with Crippen LogP contribution in [0.5, 0.6) is 11.5 Å². The first-order chi connectivity index (χ1) is 11.9. The molecule has 0 saturated carbocycles. The third-order valence-corrected chi connectivity index (χ3v) is 3.26. The van der Waals surface area contributed by atoms with Gasteiger partial charge in [-0.2, -0.15) is 4.99 Å². The molecule has 0 atom stereocenters. The number of carbonyl (C=O) groups is 1. The fraction of sp³-hybridized carbons (Fsp3) is 0.118. The number of ether oxygens (including phenoxy) is 2. The topological polar surface area (TPSA) is 138 Å². The van der Waals surface area contributed by atoms with E-state index in [4.69, 9.17) is 26.7 Å². The molecule has 0 aliphatic rings. The second-order valence-electron chi connectivity index (χ2n) is 4.95. The van der Waals surface area contributed by atoms with Crippen molar-refractivity contribution in [1.82, 2.24) is 0 Å². The third kappa shape index (κ3) is 4.47. The Labute approximate surface area is 145 Å². The Morgan fingerprint density at radius 1 is 0.880 bits per heavy atom. The third-order valence-electron chi connectivity index (χ3n) is 3.26. The van der Waals surface area contributed by atoms with Crippen LogP contribution in [0.25, 0.3) is 0 Å².